The molecule has 1 nitrogen and oxygen atoms in total. The van der Waals surface area contributed by atoms with Gasteiger partial charge < -0.3 is 5.73 Å². The summed E-state index contributed by atoms with van der Waals surface area (Å²) in [6, 6.07) is 4.23. The number of hydrogen-bond donors (Lipinski definition) is 1. The predicted octanol–water partition coefficient (Wildman–Crippen LogP) is 3.58. The van der Waals surface area contributed by atoms with E-state index in [1.165, 1.54) is 11.1 Å². The first-order valence-corrected chi connectivity index (χ1v) is 5.73. The zero-order valence-corrected chi connectivity index (χ0v) is 10.8. The van der Waals surface area contributed by atoms with E-state index in [1.54, 1.807) is 0 Å². The number of nitrogens with two attached hydrogens (primary N) is 1. The van der Waals surface area contributed by atoms with Crippen LogP contribution in [0, 0.1) is 13.8 Å². The molecule has 0 fully saturated rings. The lowest BCUT2D eigenvalue weighted by Crippen LogP contribution is -2.23. The summed E-state index contributed by atoms with van der Waals surface area (Å²) >= 11 is 6.09. The number of benzene rings is 1. The first kappa shape index (κ1) is 12.5. The Morgan fingerprint density at radius 2 is 1.80 bits per heavy atom. The van der Waals surface area contributed by atoms with E-state index in [9.17, 15) is 0 Å². The molecule has 0 unspecified atom stereocenters. The fourth-order valence-corrected chi connectivity index (χ4v) is 2.22. The Balaban J connectivity index is 3.19. The van der Waals surface area contributed by atoms with Crippen molar-refractivity contribution in [3.05, 3.63) is 33.8 Å². The van der Waals surface area contributed by atoms with Gasteiger partial charge >= 0.3 is 0 Å². The lowest BCUT2D eigenvalue weighted by atomic mass is 9.79. The molecule has 0 aromatic heterocycles. The minimum absolute atomic E-state index is 0.133. The number of hydrogen-bond acceptors (Lipinski definition) is 1. The molecule has 2 heteroatoms. The van der Waals surface area contributed by atoms with E-state index < -0.39 is 0 Å². The van der Waals surface area contributed by atoms with Gasteiger partial charge in [-0.3, -0.25) is 0 Å². The van der Waals surface area contributed by atoms with Crippen molar-refractivity contribution < 1.29 is 0 Å². The zero-order chi connectivity index (χ0) is 11.6. The van der Waals surface area contributed by atoms with Gasteiger partial charge in [0.15, 0.2) is 0 Å². The molecule has 0 aliphatic heterocycles. The van der Waals surface area contributed by atoms with Crippen LogP contribution in [0.4, 0.5) is 0 Å². The maximum atomic E-state index is 6.09. The molecule has 0 aliphatic carbocycles. The van der Waals surface area contributed by atoms with Crippen LogP contribution in [0.2, 0.25) is 5.02 Å². The second-order valence-corrected chi connectivity index (χ2v) is 5.25. The summed E-state index contributed by atoms with van der Waals surface area (Å²) in [5.41, 5.74) is 9.53. The quantitative estimate of drug-likeness (QED) is 0.836. The first-order valence-electron chi connectivity index (χ1n) is 5.36. The van der Waals surface area contributed by atoms with Gasteiger partial charge in [-0.25, -0.2) is 0 Å². The van der Waals surface area contributed by atoms with Crippen molar-refractivity contribution in [2.45, 2.75) is 39.5 Å². The van der Waals surface area contributed by atoms with Gasteiger partial charge in [0, 0.05) is 5.02 Å². The van der Waals surface area contributed by atoms with Crippen LogP contribution in [0.25, 0.3) is 0 Å². The SMILES string of the molecule is Cc1cc(C(C)(C)CCN)c(C)cc1Cl. The van der Waals surface area contributed by atoms with Crippen LogP contribution in [-0.2, 0) is 5.41 Å². The van der Waals surface area contributed by atoms with Crippen LogP contribution in [-0.4, -0.2) is 6.54 Å². The molecule has 0 heterocycles. The van der Waals surface area contributed by atoms with E-state index in [4.69, 9.17) is 17.3 Å². The monoisotopic (exact) mass is 225 g/mol. The summed E-state index contributed by atoms with van der Waals surface area (Å²) < 4.78 is 0. The van der Waals surface area contributed by atoms with Gasteiger partial charge in [0.1, 0.15) is 0 Å². The van der Waals surface area contributed by atoms with E-state index in [2.05, 4.69) is 26.8 Å². The number of halogens is 1. The van der Waals surface area contributed by atoms with Crippen molar-refractivity contribution >= 4 is 11.6 Å². The maximum Gasteiger partial charge on any atom is 0.0438 e. The van der Waals surface area contributed by atoms with E-state index in [1.807, 2.05) is 13.0 Å². The van der Waals surface area contributed by atoms with Crippen LogP contribution in [0.5, 0.6) is 0 Å². The highest BCUT2D eigenvalue weighted by Gasteiger charge is 2.22. The highest BCUT2D eigenvalue weighted by molar-refractivity contribution is 6.31. The average Bonchev–Trinajstić information content (AvgIpc) is 2.11. The molecular weight excluding hydrogens is 206 g/mol. The van der Waals surface area contributed by atoms with Crippen LogP contribution in [0.1, 0.15) is 37.0 Å². The largest absolute Gasteiger partial charge is 0.330 e. The molecule has 0 spiro atoms. The van der Waals surface area contributed by atoms with Gasteiger partial charge in [-0.2, -0.15) is 0 Å². The van der Waals surface area contributed by atoms with Crippen molar-refractivity contribution in [3.8, 4) is 0 Å². The summed E-state index contributed by atoms with van der Waals surface area (Å²) in [7, 11) is 0. The maximum absolute atomic E-state index is 6.09. The normalized spacial score (nSPS) is 11.9. The van der Waals surface area contributed by atoms with Crippen molar-refractivity contribution in [2.24, 2.45) is 5.73 Å². The van der Waals surface area contributed by atoms with Gasteiger partial charge in [-0.1, -0.05) is 31.5 Å². The van der Waals surface area contributed by atoms with E-state index in [0.717, 1.165) is 17.0 Å². The molecule has 0 atom stereocenters. The van der Waals surface area contributed by atoms with Crippen molar-refractivity contribution in [1.82, 2.24) is 0 Å². The van der Waals surface area contributed by atoms with E-state index >= 15 is 0 Å². The molecule has 1 rings (SSSR count). The molecular formula is C13H20ClN. The molecule has 0 saturated heterocycles. The third-order valence-electron chi connectivity index (χ3n) is 3.00. The molecule has 0 bridgehead atoms. The summed E-state index contributed by atoms with van der Waals surface area (Å²) in [6.07, 6.45) is 0.995. The van der Waals surface area contributed by atoms with E-state index in [-0.39, 0.29) is 5.41 Å². The molecule has 0 amide bonds. The Kier molecular flexibility index (Phi) is 3.80. The second kappa shape index (κ2) is 4.54. The summed E-state index contributed by atoms with van der Waals surface area (Å²) in [6.45, 7) is 9.34. The lowest BCUT2D eigenvalue weighted by Gasteiger charge is -2.27. The van der Waals surface area contributed by atoms with Gasteiger partial charge in [-0.15, -0.1) is 0 Å². The molecule has 0 radical (unpaired) electrons. The predicted molar refractivity (Wildman–Crippen MR) is 67.6 cm³/mol. The van der Waals surface area contributed by atoms with Crippen LogP contribution < -0.4 is 5.73 Å². The summed E-state index contributed by atoms with van der Waals surface area (Å²) in [5, 5.41) is 0.847. The molecule has 1 aromatic carbocycles. The first-order chi connectivity index (χ1) is 6.88. The van der Waals surface area contributed by atoms with Crippen molar-refractivity contribution in [3.63, 3.8) is 0 Å². The van der Waals surface area contributed by atoms with Gasteiger partial charge in [0.05, 0.1) is 0 Å². The Morgan fingerprint density at radius 3 is 2.33 bits per heavy atom. The molecule has 1 aromatic rings. The fourth-order valence-electron chi connectivity index (χ4n) is 2.01. The molecule has 15 heavy (non-hydrogen) atoms. The molecule has 0 aliphatic rings. The standard InChI is InChI=1S/C13H20ClN/c1-9-8-12(14)10(2)7-11(9)13(3,4)5-6-15/h7-8H,5-6,15H2,1-4H3. The van der Waals surface area contributed by atoms with Crippen molar-refractivity contribution in [1.29, 1.82) is 0 Å². The molecule has 2 N–H and O–H groups in total. The van der Waals surface area contributed by atoms with Gasteiger partial charge in [0.25, 0.3) is 0 Å². The topological polar surface area (TPSA) is 26.0 Å². The minimum atomic E-state index is 0.133. The smallest absolute Gasteiger partial charge is 0.0438 e. The summed E-state index contributed by atoms with van der Waals surface area (Å²) in [4.78, 5) is 0. The third kappa shape index (κ3) is 2.73. The Hall–Kier alpha value is -0.530. The van der Waals surface area contributed by atoms with Crippen LogP contribution >= 0.6 is 11.6 Å². The Bertz CT molecular complexity index is 356. The highest BCUT2D eigenvalue weighted by Crippen LogP contribution is 2.32. The fraction of sp³-hybridized carbons (Fsp3) is 0.538. The number of aryl methyl sites for hydroxylation is 2. The van der Waals surface area contributed by atoms with E-state index in [0.29, 0.717) is 6.54 Å². The zero-order valence-electron chi connectivity index (χ0n) is 10.0. The summed E-state index contributed by atoms with van der Waals surface area (Å²) in [5.74, 6) is 0. The molecule has 84 valence electrons. The van der Waals surface area contributed by atoms with Crippen LogP contribution in [0.3, 0.4) is 0 Å². The van der Waals surface area contributed by atoms with Crippen LogP contribution in [0.15, 0.2) is 12.1 Å². The average molecular weight is 226 g/mol. The second-order valence-electron chi connectivity index (χ2n) is 4.84. The molecule has 0 saturated carbocycles. The third-order valence-corrected chi connectivity index (χ3v) is 3.41. The minimum Gasteiger partial charge on any atom is -0.330 e. The number of rotatable bonds is 3. The lowest BCUT2D eigenvalue weighted by molar-refractivity contribution is 0.485. The Morgan fingerprint density at radius 1 is 1.20 bits per heavy atom. The van der Waals surface area contributed by atoms with Crippen molar-refractivity contribution in [2.75, 3.05) is 6.54 Å². The van der Waals surface area contributed by atoms with Gasteiger partial charge in [0.2, 0.25) is 0 Å². The Labute approximate surface area is 97.6 Å². The highest BCUT2D eigenvalue weighted by atomic mass is 35.5. The van der Waals surface area contributed by atoms with Gasteiger partial charge in [-0.05, 0) is 55.0 Å².